The lowest BCUT2D eigenvalue weighted by molar-refractivity contribution is -0.671. The van der Waals surface area contributed by atoms with Crippen LogP contribution in [-0.4, -0.2) is 14.3 Å². The molecule has 0 aliphatic heterocycles. The predicted molar refractivity (Wildman–Crippen MR) is 94.1 cm³/mol. The molecule has 0 saturated carbocycles. The van der Waals surface area contributed by atoms with Crippen molar-refractivity contribution < 1.29 is 4.57 Å². The van der Waals surface area contributed by atoms with Crippen LogP contribution in [0.25, 0.3) is 22.5 Å². The second-order valence-electron chi connectivity index (χ2n) is 5.88. The van der Waals surface area contributed by atoms with Crippen LogP contribution in [0.1, 0.15) is 0 Å². The van der Waals surface area contributed by atoms with Crippen molar-refractivity contribution in [2.75, 3.05) is 0 Å². The van der Waals surface area contributed by atoms with E-state index in [2.05, 4.69) is 64.2 Å². The van der Waals surface area contributed by atoms with E-state index in [1.165, 1.54) is 5.56 Å². The SMILES string of the molecule is C[n+]1ccn(Cn2nc(-c3ccccc3)cc2-c2ccccc2)c1. The van der Waals surface area contributed by atoms with Crippen molar-refractivity contribution in [3.05, 3.63) is 85.5 Å². The Bertz CT molecular complexity index is 936. The van der Waals surface area contributed by atoms with Gasteiger partial charge in [0.2, 0.25) is 6.33 Å². The van der Waals surface area contributed by atoms with E-state index < -0.39 is 0 Å². The van der Waals surface area contributed by atoms with Gasteiger partial charge in [-0.05, 0) is 11.6 Å². The topological polar surface area (TPSA) is 26.6 Å². The normalized spacial score (nSPS) is 10.9. The molecule has 24 heavy (non-hydrogen) atoms. The summed E-state index contributed by atoms with van der Waals surface area (Å²) >= 11 is 0. The van der Waals surface area contributed by atoms with Crippen LogP contribution in [0.5, 0.6) is 0 Å². The van der Waals surface area contributed by atoms with Crippen molar-refractivity contribution in [3.63, 3.8) is 0 Å². The first-order valence-electron chi connectivity index (χ1n) is 7.99. The molecule has 4 rings (SSSR count). The molecule has 0 aliphatic rings. The Labute approximate surface area is 141 Å². The Hall–Kier alpha value is -3.14. The molecule has 0 amide bonds. The van der Waals surface area contributed by atoms with Gasteiger partial charge in [0.25, 0.3) is 0 Å². The first-order valence-corrected chi connectivity index (χ1v) is 7.99. The predicted octanol–water partition coefficient (Wildman–Crippen LogP) is 3.35. The summed E-state index contributed by atoms with van der Waals surface area (Å²) in [5, 5.41) is 4.85. The summed E-state index contributed by atoms with van der Waals surface area (Å²) in [4.78, 5) is 0. The highest BCUT2D eigenvalue weighted by Gasteiger charge is 2.13. The molecule has 0 bridgehead atoms. The van der Waals surface area contributed by atoms with Crippen LogP contribution in [-0.2, 0) is 13.7 Å². The first-order chi connectivity index (χ1) is 11.8. The summed E-state index contributed by atoms with van der Waals surface area (Å²) in [6.07, 6.45) is 6.14. The maximum absolute atomic E-state index is 4.85. The van der Waals surface area contributed by atoms with Crippen LogP contribution < -0.4 is 4.57 Å². The summed E-state index contributed by atoms with van der Waals surface area (Å²) in [7, 11) is 2.02. The summed E-state index contributed by atoms with van der Waals surface area (Å²) < 4.78 is 6.20. The maximum atomic E-state index is 4.85. The van der Waals surface area contributed by atoms with Crippen molar-refractivity contribution in [1.82, 2.24) is 14.3 Å². The average molecular weight is 315 g/mol. The number of nitrogens with zero attached hydrogens (tertiary/aromatic N) is 4. The van der Waals surface area contributed by atoms with E-state index >= 15 is 0 Å². The second-order valence-corrected chi connectivity index (χ2v) is 5.88. The lowest BCUT2D eigenvalue weighted by Crippen LogP contribution is -2.24. The molecule has 4 heteroatoms. The summed E-state index contributed by atoms with van der Waals surface area (Å²) in [6, 6.07) is 22.9. The molecule has 0 unspecified atom stereocenters. The third-order valence-electron chi connectivity index (χ3n) is 4.04. The van der Waals surface area contributed by atoms with Gasteiger partial charge in [-0.3, -0.25) is 0 Å². The summed E-state index contributed by atoms with van der Waals surface area (Å²) in [5.41, 5.74) is 4.41. The molecular formula is C20H19N4+. The molecule has 118 valence electrons. The molecular weight excluding hydrogens is 296 g/mol. The minimum Gasteiger partial charge on any atom is -0.239 e. The molecule has 0 radical (unpaired) electrons. The lowest BCUT2D eigenvalue weighted by atomic mass is 10.1. The van der Waals surface area contributed by atoms with Crippen LogP contribution in [0.15, 0.2) is 85.5 Å². The van der Waals surface area contributed by atoms with Crippen LogP contribution in [0.3, 0.4) is 0 Å². The van der Waals surface area contributed by atoms with E-state index in [1.807, 2.05) is 42.1 Å². The monoisotopic (exact) mass is 315 g/mol. The smallest absolute Gasteiger partial charge is 0.239 e. The van der Waals surface area contributed by atoms with E-state index in [0.29, 0.717) is 6.67 Å². The van der Waals surface area contributed by atoms with Crippen molar-refractivity contribution in [2.45, 2.75) is 6.67 Å². The number of benzene rings is 2. The fourth-order valence-electron chi connectivity index (χ4n) is 2.86. The molecule has 2 aromatic carbocycles. The van der Waals surface area contributed by atoms with Crippen LogP contribution in [0.4, 0.5) is 0 Å². The number of aryl methyl sites for hydroxylation is 1. The van der Waals surface area contributed by atoms with Gasteiger partial charge >= 0.3 is 0 Å². The molecule has 0 atom stereocenters. The number of hydrogen-bond donors (Lipinski definition) is 0. The molecule has 2 heterocycles. The largest absolute Gasteiger partial charge is 0.245 e. The highest BCUT2D eigenvalue weighted by Crippen LogP contribution is 2.26. The maximum Gasteiger partial charge on any atom is 0.245 e. The highest BCUT2D eigenvalue weighted by atomic mass is 15.4. The highest BCUT2D eigenvalue weighted by molar-refractivity contribution is 5.68. The standard InChI is InChI=1S/C20H19N4/c1-22-12-13-23(15-22)16-24-20(18-10-6-3-7-11-18)14-19(21-24)17-8-4-2-5-9-17/h2-15H,16H2,1H3/q+1. The minimum atomic E-state index is 0.678. The Morgan fingerprint density at radius 2 is 1.58 bits per heavy atom. The van der Waals surface area contributed by atoms with Gasteiger partial charge in [-0.15, -0.1) is 0 Å². The first kappa shape index (κ1) is 14.5. The lowest BCUT2D eigenvalue weighted by Gasteiger charge is -2.05. The number of aromatic nitrogens is 4. The van der Waals surface area contributed by atoms with Gasteiger partial charge in [0.05, 0.1) is 18.4 Å². The van der Waals surface area contributed by atoms with Gasteiger partial charge in [0.1, 0.15) is 12.4 Å². The van der Waals surface area contributed by atoms with Gasteiger partial charge in [-0.2, -0.15) is 5.10 Å². The minimum absolute atomic E-state index is 0.678. The van der Waals surface area contributed by atoms with Crippen LogP contribution in [0.2, 0.25) is 0 Å². The Balaban J connectivity index is 1.79. The molecule has 2 aromatic heterocycles. The number of rotatable bonds is 4. The van der Waals surface area contributed by atoms with Crippen LogP contribution in [0, 0.1) is 0 Å². The van der Waals surface area contributed by atoms with Gasteiger partial charge < -0.3 is 0 Å². The summed E-state index contributed by atoms with van der Waals surface area (Å²) in [6.45, 7) is 0.678. The zero-order chi connectivity index (χ0) is 16.4. The van der Waals surface area contributed by atoms with E-state index in [9.17, 15) is 0 Å². The average Bonchev–Trinajstić information content (AvgIpc) is 3.23. The third-order valence-corrected chi connectivity index (χ3v) is 4.04. The van der Waals surface area contributed by atoms with Gasteiger partial charge in [0, 0.05) is 5.56 Å². The van der Waals surface area contributed by atoms with Crippen molar-refractivity contribution >= 4 is 0 Å². The number of hydrogen-bond acceptors (Lipinski definition) is 1. The molecule has 0 N–H and O–H groups in total. The van der Waals surface area contributed by atoms with E-state index in [4.69, 9.17) is 5.10 Å². The molecule has 0 saturated heterocycles. The molecule has 0 aliphatic carbocycles. The number of imidazole rings is 1. The zero-order valence-electron chi connectivity index (χ0n) is 13.6. The quantitative estimate of drug-likeness (QED) is 0.531. The fraction of sp³-hybridized carbons (Fsp3) is 0.100. The van der Waals surface area contributed by atoms with E-state index in [1.54, 1.807) is 0 Å². The van der Waals surface area contributed by atoms with Crippen molar-refractivity contribution in [3.8, 4) is 22.5 Å². The Morgan fingerprint density at radius 1 is 0.917 bits per heavy atom. The van der Waals surface area contributed by atoms with Crippen LogP contribution >= 0.6 is 0 Å². The van der Waals surface area contributed by atoms with E-state index in [-0.39, 0.29) is 0 Å². The van der Waals surface area contributed by atoms with Gasteiger partial charge in [0.15, 0.2) is 6.67 Å². The molecule has 4 nitrogen and oxygen atoms in total. The summed E-state index contributed by atoms with van der Waals surface area (Å²) in [5.74, 6) is 0. The molecule has 4 aromatic rings. The second kappa shape index (κ2) is 6.16. The Morgan fingerprint density at radius 3 is 2.21 bits per heavy atom. The fourth-order valence-corrected chi connectivity index (χ4v) is 2.86. The van der Waals surface area contributed by atoms with Crippen molar-refractivity contribution in [1.29, 1.82) is 0 Å². The molecule has 0 fully saturated rings. The van der Waals surface area contributed by atoms with Gasteiger partial charge in [-0.25, -0.2) is 13.8 Å². The van der Waals surface area contributed by atoms with Crippen molar-refractivity contribution in [2.24, 2.45) is 7.05 Å². The molecule has 0 spiro atoms. The third kappa shape index (κ3) is 2.86. The van der Waals surface area contributed by atoms with Gasteiger partial charge in [-0.1, -0.05) is 60.7 Å². The Kier molecular flexibility index (Phi) is 3.71. The van der Waals surface area contributed by atoms with E-state index in [0.717, 1.165) is 17.0 Å². The zero-order valence-corrected chi connectivity index (χ0v) is 13.6.